The van der Waals surface area contributed by atoms with Crippen molar-refractivity contribution in [2.45, 2.75) is 188 Å². The molecule has 8 nitrogen and oxygen atoms in total. The maximum Gasteiger partial charge on any atom is 0.227 e. The lowest BCUT2D eigenvalue weighted by molar-refractivity contribution is -0.837. The van der Waals surface area contributed by atoms with Crippen LogP contribution in [0.25, 0.3) is 0 Å². The smallest absolute Gasteiger partial charge is 0.227 e. The molecule has 0 aromatic heterocycles. The van der Waals surface area contributed by atoms with Crippen LogP contribution in [-0.2, 0) is 35.4 Å². The van der Waals surface area contributed by atoms with Gasteiger partial charge in [0.25, 0.3) is 0 Å². The van der Waals surface area contributed by atoms with Crippen LogP contribution in [0.5, 0.6) is 0 Å². The summed E-state index contributed by atoms with van der Waals surface area (Å²) in [4.78, 5) is 0. The van der Waals surface area contributed by atoms with Crippen molar-refractivity contribution in [2.75, 3.05) is 0 Å². The second-order valence-electron chi connectivity index (χ2n) is 18.0. The van der Waals surface area contributed by atoms with Gasteiger partial charge < -0.3 is 35.4 Å². The zero-order chi connectivity index (χ0) is 35.1. The van der Waals surface area contributed by atoms with Crippen molar-refractivity contribution in [1.82, 2.24) is 0 Å². The molecule has 0 heterocycles. The molecule has 0 N–H and O–H groups in total. The normalized spacial score (nSPS) is 43.6. The van der Waals surface area contributed by atoms with Gasteiger partial charge in [0.15, 0.2) is 78.1 Å². The zero-order valence-electron chi connectivity index (χ0n) is 32.1. The first-order valence-corrected chi connectivity index (χ1v) is 38.1. The van der Waals surface area contributed by atoms with Crippen molar-refractivity contribution in [3.05, 3.63) is 0 Å². The van der Waals surface area contributed by atoms with Crippen molar-refractivity contribution in [1.29, 1.82) is 0 Å². The zero-order valence-corrected chi connectivity index (χ0v) is 40.1. The summed E-state index contributed by atoms with van der Waals surface area (Å²) in [6, 6.07) is 2.00. The number of hydrogen-bond donors (Lipinski definition) is 0. The molecule has 6 aliphatic carbocycles. The van der Waals surface area contributed by atoms with E-state index in [9.17, 15) is 0 Å². The van der Waals surface area contributed by atoms with Gasteiger partial charge >= 0.3 is 0 Å². The van der Waals surface area contributed by atoms with Crippen LogP contribution in [0.3, 0.4) is 0 Å². The second-order valence-corrected chi connectivity index (χ2v) is 41.3. The lowest BCUT2D eigenvalue weighted by Crippen LogP contribution is -3.53. The van der Waals surface area contributed by atoms with Gasteiger partial charge in [0.05, 0.1) is 0 Å². The van der Waals surface area contributed by atoms with E-state index in [2.05, 4.69) is 119 Å². The Morgan fingerprint density at radius 1 is 0.478 bits per heavy atom. The molecule has 0 aliphatic heterocycles. The van der Waals surface area contributed by atoms with Gasteiger partial charge in [-0.25, -0.2) is 0 Å². The molecule has 16 heteroatoms. The predicted molar refractivity (Wildman–Crippen MR) is 201 cm³/mol. The lowest BCUT2D eigenvalue weighted by Gasteiger charge is -3.24. The third kappa shape index (κ3) is 3.62. The Labute approximate surface area is 293 Å². The van der Waals surface area contributed by atoms with Crippen molar-refractivity contribution in [2.24, 2.45) is 0 Å². The first-order chi connectivity index (χ1) is 20.9. The highest BCUT2D eigenvalue weighted by molar-refractivity contribution is 6.72. The average molecular weight is 776 g/mol. The van der Waals surface area contributed by atoms with Crippen LogP contribution in [0, 0.1) is 0 Å². The molecule has 6 fully saturated rings. The Kier molecular flexibility index (Phi) is 9.22. The number of unbranched alkanes of at least 4 members (excludes halogenated alkanes) is 1. The monoisotopic (exact) mass is 774 g/mol. The molecule has 262 valence electrons. The maximum atomic E-state index is 7.76. The van der Waals surface area contributed by atoms with E-state index >= 15 is 0 Å². The highest BCUT2D eigenvalue weighted by atomic mass is 28.4. The molecule has 0 amide bonds. The number of hydrogen-bond acceptors (Lipinski definition) is 8. The van der Waals surface area contributed by atoms with E-state index in [0.29, 0.717) is 0 Å². The van der Waals surface area contributed by atoms with Gasteiger partial charge in [0.2, 0.25) is 37.6 Å². The third-order valence-electron chi connectivity index (χ3n) is 10.3. The van der Waals surface area contributed by atoms with Gasteiger partial charge in [0.1, 0.15) is 0 Å². The predicted octanol–water partition coefficient (Wildman–Crippen LogP) is 6.83. The van der Waals surface area contributed by atoms with E-state index < -0.39 is 96.2 Å². The van der Waals surface area contributed by atoms with Gasteiger partial charge in [-0.05, 0) is 117 Å². The van der Waals surface area contributed by atoms with Gasteiger partial charge in [-0.2, -0.15) is 0 Å². The Morgan fingerprint density at radius 2 is 0.783 bits per heavy atom. The van der Waals surface area contributed by atoms with E-state index in [1.165, 1.54) is 0 Å². The molecule has 6 radical (unpaired) electrons. The molecule has 46 heavy (non-hydrogen) atoms. The Bertz CT molecular complexity index is 1160. The average Bonchev–Trinajstić information content (AvgIpc) is 2.87. The summed E-state index contributed by atoms with van der Waals surface area (Å²) in [5, 5.41) is 0. The summed E-state index contributed by atoms with van der Waals surface area (Å²) in [7, 11) is -11.3. The van der Waals surface area contributed by atoms with Crippen molar-refractivity contribution >= 4 is 70.9 Å². The van der Waals surface area contributed by atoms with Crippen molar-refractivity contribution in [3.8, 4) is 0 Å². The number of rotatable bonds is 20. The minimum absolute atomic E-state index is 0.207. The van der Waals surface area contributed by atoms with Crippen LogP contribution in [0.4, 0.5) is 0 Å². The largest absolute Gasteiger partial charge is 0.404 e. The minimum Gasteiger partial charge on any atom is -0.404 e. The highest BCUT2D eigenvalue weighted by Crippen LogP contribution is 3.16. The van der Waals surface area contributed by atoms with Crippen LogP contribution in [0.1, 0.15) is 26.7 Å². The van der Waals surface area contributed by atoms with Crippen molar-refractivity contribution in [3.63, 3.8) is 0 Å². The summed E-state index contributed by atoms with van der Waals surface area (Å²) in [5.41, 5.74) is -7.34. The summed E-state index contributed by atoms with van der Waals surface area (Å²) in [6.07, 6.45) is 2.26. The highest BCUT2D eigenvalue weighted by Gasteiger charge is 3.46. The molecule has 6 rings (SSSR count). The van der Waals surface area contributed by atoms with Crippen LogP contribution in [0.2, 0.25) is 117 Å². The molecule has 0 spiro atoms. The fourth-order valence-electron chi connectivity index (χ4n) is 10.5. The minimum atomic E-state index is -2.28. The van der Waals surface area contributed by atoms with Crippen LogP contribution < -0.4 is 0 Å². The molecule has 4 atom stereocenters. The fourth-order valence-corrected chi connectivity index (χ4v) is 20.4. The van der Waals surface area contributed by atoms with Crippen LogP contribution in [0.15, 0.2) is 0 Å². The lowest BCUT2D eigenvalue weighted by atomic mass is 8.87. The molecule has 6 aliphatic rings. The van der Waals surface area contributed by atoms with Crippen molar-refractivity contribution < 1.29 is 35.4 Å². The summed E-state index contributed by atoms with van der Waals surface area (Å²) in [5.74, 6) is 0. The van der Waals surface area contributed by atoms with Gasteiger partial charge in [-0.15, -0.1) is 0 Å². The standard InChI is InChI=1S/C30H62O8Si8/c1-19-21-22-42(6)34-26-23(31-39-3)25(33-41(5)20-2)24(26,32-40-4)28(36-44(10,11)12)29(25,37-45(13,14)15)27(23,35-43(7,8)9)30(26,28)38-46(16,17)18/h19-22H2,1-18H3. The summed E-state index contributed by atoms with van der Waals surface area (Å²) in [6.45, 7) is 40.7. The molecular weight excluding hydrogens is 713 g/mol. The fraction of sp³-hybridized carbons (Fsp3) is 1.00. The van der Waals surface area contributed by atoms with Gasteiger partial charge in [0, 0.05) is 0 Å². The first-order valence-electron chi connectivity index (χ1n) is 17.4. The van der Waals surface area contributed by atoms with E-state index in [0.717, 1.165) is 24.9 Å². The van der Waals surface area contributed by atoms with E-state index in [1.807, 2.05) is 0 Å². The van der Waals surface area contributed by atoms with E-state index in [1.54, 1.807) is 0 Å². The van der Waals surface area contributed by atoms with Gasteiger partial charge in [-0.3, -0.25) is 0 Å². The molecule has 6 saturated carbocycles. The Hall–Kier alpha value is 1.42. The van der Waals surface area contributed by atoms with E-state index in [4.69, 9.17) is 35.4 Å². The quantitative estimate of drug-likeness (QED) is 0.125. The Balaban J connectivity index is 1.95. The molecule has 0 aromatic carbocycles. The van der Waals surface area contributed by atoms with Gasteiger partial charge in [-0.1, -0.05) is 26.7 Å². The summed E-state index contributed by atoms with van der Waals surface area (Å²) >= 11 is 0. The summed E-state index contributed by atoms with van der Waals surface area (Å²) < 4.78 is 61.0. The SMILES string of the molecule is CCCC[Si](C)OC12C3(O[Si]C)C4(O[Si](C)CC)C1(O[Si]C)C1(O[Si](C)(C)C)C4(O[Si](C)(C)C)C3(O[Si](C)(C)C)C21O[Si](C)(C)C. The topological polar surface area (TPSA) is 73.8 Å². The third-order valence-corrected chi connectivity index (χ3v) is 18.4. The van der Waals surface area contributed by atoms with Crippen LogP contribution >= 0.6 is 0 Å². The molecule has 0 saturated heterocycles. The molecule has 0 aromatic rings. The molecule has 4 unspecified atom stereocenters. The van der Waals surface area contributed by atoms with E-state index in [-0.39, 0.29) is 19.5 Å². The van der Waals surface area contributed by atoms with Crippen LogP contribution in [-0.4, -0.2) is 116 Å². The molecular formula is C30H62O8Si8. The first kappa shape index (κ1) is 38.6. The second kappa shape index (κ2) is 11.0. The Morgan fingerprint density at radius 3 is 1.04 bits per heavy atom. The molecule has 0 bridgehead atoms. The maximum absolute atomic E-state index is 7.76.